The quantitative estimate of drug-likeness (QED) is 0.232. The molecule has 1 N–H and O–H groups in total. The van der Waals surface area contributed by atoms with Gasteiger partial charge in [-0.15, -0.1) is 0 Å². The topological polar surface area (TPSA) is 54.4 Å². The summed E-state index contributed by atoms with van der Waals surface area (Å²) >= 11 is 0. The first-order valence-corrected chi connectivity index (χ1v) is 8.17. The molecule has 3 nitrogen and oxygen atoms in total. The summed E-state index contributed by atoms with van der Waals surface area (Å²) in [5, 5.41) is 9.10. The Bertz CT molecular complexity index is 389. The van der Waals surface area contributed by atoms with Crippen LogP contribution in [0.1, 0.15) is 62.3 Å². The van der Waals surface area contributed by atoms with Crippen LogP contribution in [0, 0.1) is 18.3 Å². The first-order chi connectivity index (χ1) is 10.8. The molecule has 1 atom stereocenters. The van der Waals surface area contributed by atoms with Crippen molar-refractivity contribution in [3.8, 4) is 0 Å². The number of hydrogen-bond donors (Lipinski definition) is 1. The van der Waals surface area contributed by atoms with Crippen LogP contribution in [0.5, 0.6) is 0 Å². The monoisotopic (exact) mass is 442 g/mol. The Morgan fingerprint density at radius 2 is 1.27 bits per heavy atom. The van der Waals surface area contributed by atoms with E-state index in [1.807, 2.05) is 54.9 Å². The normalized spacial score (nSPS) is 9.23. The number of carbonyl (C=O) groups is 2. The van der Waals surface area contributed by atoms with Crippen LogP contribution in [-0.2, 0) is 9.59 Å². The zero-order chi connectivity index (χ0) is 20.5. The number of halogens is 1. The number of Topliss-reactive ketones (excluding diaryl/α,β-unsaturated/α-hetero) is 1. The molecule has 0 aliphatic carbocycles. The molecular formula is C21H39BrMgO3. The molecule has 0 aliphatic rings. The first kappa shape index (κ1) is 40.5. The Morgan fingerprint density at radius 3 is 1.27 bits per heavy atom. The van der Waals surface area contributed by atoms with E-state index in [2.05, 4.69) is 19.7 Å². The molecular weight excluding hydrogens is 404 g/mol. The van der Waals surface area contributed by atoms with Gasteiger partial charge in [-0.1, -0.05) is 53.0 Å². The summed E-state index contributed by atoms with van der Waals surface area (Å²) in [5.74, 6) is 0.560. The van der Waals surface area contributed by atoms with Crippen LogP contribution in [-0.4, -0.2) is 46.3 Å². The van der Waals surface area contributed by atoms with Crippen LogP contribution >= 0.6 is 0 Å². The molecule has 5 heteroatoms. The summed E-state index contributed by atoms with van der Waals surface area (Å²) in [6.45, 7) is 27.4. The fourth-order valence-electron chi connectivity index (χ4n) is 1.06. The molecule has 0 heterocycles. The predicted octanol–water partition coefficient (Wildman–Crippen LogP) is 1.98. The Labute approximate surface area is 189 Å². The number of carbonyl (C=O) groups excluding carboxylic acids is 2. The van der Waals surface area contributed by atoms with Gasteiger partial charge < -0.3 is 28.5 Å². The number of rotatable bonds is 5. The molecule has 0 spiro atoms. The average Bonchev–Trinajstić information content (AvgIpc) is 2.47. The minimum Gasteiger partial charge on any atom is -1.00 e. The second-order valence-electron chi connectivity index (χ2n) is 6.38. The van der Waals surface area contributed by atoms with Crippen LogP contribution in [0.25, 0.3) is 0 Å². The second-order valence-corrected chi connectivity index (χ2v) is 6.38. The van der Waals surface area contributed by atoms with Crippen molar-refractivity contribution in [1.29, 1.82) is 0 Å². The number of aliphatic hydroxyl groups is 1. The number of aliphatic hydroxyl groups excluding tert-OH is 1. The van der Waals surface area contributed by atoms with E-state index in [9.17, 15) is 9.59 Å². The minimum atomic E-state index is -0.324. The summed E-state index contributed by atoms with van der Waals surface area (Å²) in [4.78, 5) is 20.1. The van der Waals surface area contributed by atoms with Crippen molar-refractivity contribution in [2.24, 2.45) is 11.8 Å². The maximum absolute atomic E-state index is 10.7. The van der Waals surface area contributed by atoms with Gasteiger partial charge in [-0.3, -0.25) is 9.59 Å². The summed E-state index contributed by atoms with van der Waals surface area (Å²) in [5.41, 5.74) is 2.07. The van der Waals surface area contributed by atoms with Crippen LogP contribution in [0.4, 0.5) is 0 Å². The fraction of sp³-hybridized carbons (Fsp3) is 0.571. The molecule has 0 aromatic carbocycles. The molecule has 0 amide bonds. The van der Waals surface area contributed by atoms with Gasteiger partial charge in [0, 0.05) is 5.92 Å². The maximum atomic E-state index is 10.7. The molecule has 0 bridgehead atoms. The summed E-state index contributed by atoms with van der Waals surface area (Å²) in [6.07, 6.45) is 2.40. The third-order valence-electron chi connectivity index (χ3n) is 2.28. The van der Waals surface area contributed by atoms with Crippen molar-refractivity contribution in [1.82, 2.24) is 0 Å². The molecule has 0 saturated heterocycles. The SMILES string of the molecule is C=C(C)C(=O)C(C)C.C=C(C)C(O)C(C)C.C=C(C)C=O.C[CH-]C.[Br-].[Mg+2]. The van der Waals surface area contributed by atoms with Gasteiger partial charge in [0.2, 0.25) is 0 Å². The smallest absolute Gasteiger partial charge is 1.00 e. The van der Waals surface area contributed by atoms with Crippen LogP contribution in [0.15, 0.2) is 36.5 Å². The minimum absolute atomic E-state index is 0. The summed E-state index contributed by atoms with van der Waals surface area (Å²) in [6, 6.07) is 0. The van der Waals surface area contributed by atoms with Gasteiger partial charge in [-0.25, -0.2) is 0 Å². The molecule has 0 fully saturated rings. The Hall–Kier alpha value is -0.234. The van der Waals surface area contributed by atoms with Gasteiger partial charge in [0.15, 0.2) is 5.78 Å². The van der Waals surface area contributed by atoms with Crippen molar-refractivity contribution >= 4 is 35.1 Å². The third-order valence-corrected chi connectivity index (χ3v) is 2.28. The van der Waals surface area contributed by atoms with Gasteiger partial charge in [-0.05, 0) is 37.8 Å². The molecule has 0 rings (SSSR count). The number of ketones is 1. The van der Waals surface area contributed by atoms with Crippen LogP contribution < -0.4 is 17.0 Å². The molecule has 26 heavy (non-hydrogen) atoms. The van der Waals surface area contributed by atoms with E-state index in [1.165, 1.54) is 0 Å². The fourth-order valence-corrected chi connectivity index (χ4v) is 1.06. The third kappa shape index (κ3) is 39.0. The van der Waals surface area contributed by atoms with E-state index in [4.69, 9.17) is 5.11 Å². The number of hydrogen-bond acceptors (Lipinski definition) is 3. The molecule has 0 aromatic rings. The molecule has 1 unspecified atom stereocenters. The molecule has 0 aliphatic heterocycles. The Morgan fingerprint density at radius 1 is 1.00 bits per heavy atom. The van der Waals surface area contributed by atoms with E-state index in [-0.39, 0.29) is 57.8 Å². The van der Waals surface area contributed by atoms with Crippen molar-refractivity contribution in [2.75, 3.05) is 0 Å². The zero-order valence-electron chi connectivity index (χ0n) is 18.4. The first-order valence-electron chi connectivity index (χ1n) is 8.17. The Kier molecular flexibility index (Phi) is 42.0. The van der Waals surface area contributed by atoms with Crippen molar-refractivity contribution in [2.45, 2.75) is 68.4 Å². The van der Waals surface area contributed by atoms with Crippen molar-refractivity contribution < 1.29 is 31.7 Å². The largest absolute Gasteiger partial charge is 2.00 e. The Balaban J connectivity index is -0.0000000528. The predicted molar refractivity (Wildman–Crippen MR) is 113 cm³/mol. The molecule has 0 radical (unpaired) electrons. The summed E-state index contributed by atoms with van der Waals surface area (Å²) in [7, 11) is 0. The van der Waals surface area contributed by atoms with Crippen molar-refractivity contribution in [3.05, 3.63) is 42.9 Å². The maximum Gasteiger partial charge on any atom is 2.00 e. The second kappa shape index (κ2) is 27.0. The average molecular weight is 444 g/mol. The molecule has 0 saturated carbocycles. The van der Waals surface area contributed by atoms with Crippen molar-refractivity contribution in [3.63, 3.8) is 0 Å². The van der Waals surface area contributed by atoms with Gasteiger partial charge >= 0.3 is 23.1 Å². The van der Waals surface area contributed by atoms with Gasteiger partial charge in [0.25, 0.3) is 0 Å². The number of aldehydes is 1. The standard InChI is InChI=1S/C7H14O.C7H12O.C4H6O.C3H7.BrH.Mg/c2*1-5(2)7(8)6(3)4;1-4(2)3-5;1-3-2;;/h6-8H,1H2,2-4H3;6H,1H2,2-4H3;3H,1H2,2H3;3H,1-2H3;1H;/q;;;-1;;+2/p-1. The number of allylic oxidation sites excluding steroid dienone is 2. The molecule has 0 aromatic heterocycles. The van der Waals surface area contributed by atoms with Gasteiger partial charge in [-0.2, -0.15) is 13.8 Å². The van der Waals surface area contributed by atoms with E-state index in [0.29, 0.717) is 17.1 Å². The zero-order valence-corrected chi connectivity index (χ0v) is 21.4. The van der Waals surface area contributed by atoms with E-state index in [0.717, 1.165) is 11.9 Å². The van der Waals surface area contributed by atoms with Gasteiger partial charge in [0.1, 0.15) is 6.29 Å². The van der Waals surface area contributed by atoms with Gasteiger partial charge in [0.05, 0.1) is 6.10 Å². The van der Waals surface area contributed by atoms with E-state index >= 15 is 0 Å². The molecule has 150 valence electrons. The van der Waals surface area contributed by atoms with E-state index < -0.39 is 0 Å². The van der Waals surface area contributed by atoms with E-state index in [1.54, 1.807) is 13.8 Å². The summed E-state index contributed by atoms with van der Waals surface area (Å²) < 4.78 is 0. The van der Waals surface area contributed by atoms with Crippen LogP contribution in [0.3, 0.4) is 0 Å². The van der Waals surface area contributed by atoms with Crippen LogP contribution in [0.2, 0.25) is 0 Å².